The first kappa shape index (κ1) is 71.3. The fourth-order valence-electron chi connectivity index (χ4n) is 3.16. The second kappa shape index (κ2) is 34.4. The summed E-state index contributed by atoms with van der Waals surface area (Å²) in [7, 11) is -21.1. The predicted octanol–water partition coefficient (Wildman–Crippen LogP) is 1.12. The summed E-state index contributed by atoms with van der Waals surface area (Å²) < 4.78 is 154. The van der Waals surface area contributed by atoms with Crippen LogP contribution >= 0.6 is 30.4 Å². The van der Waals surface area contributed by atoms with Crippen molar-refractivity contribution < 1.29 is 140 Å². The molecule has 0 aromatic carbocycles. The van der Waals surface area contributed by atoms with Crippen LogP contribution < -0.4 is 37.3 Å². The standard InChI is InChI=1S/4C7H17O3P.Cd.2ClHO4/c4*1-6(2)9-11(5,8)10-7(3)4;;2*2-1(3,4)5/h4*6-7H,1-5H3;;2*(H,2,3,4,5)/q;;;;+2;;/p-2. The second-order valence-corrected chi connectivity index (χ2v) is 22.4. The van der Waals surface area contributed by atoms with Crippen molar-refractivity contribution in [3.05, 3.63) is 0 Å². The average molecular weight is 1030 g/mol. The maximum Gasteiger partial charge on any atom is 2.00 e. The maximum atomic E-state index is 11.4. The van der Waals surface area contributed by atoms with Crippen LogP contribution in [-0.2, 0) is 81.7 Å². The summed E-state index contributed by atoms with van der Waals surface area (Å²) in [5.74, 6) is 0. The van der Waals surface area contributed by atoms with E-state index < -0.39 is 50.9 Å². The zero-order valence-electron chi connectivity index (χ0n) is 36.0. The van der Waals surface area contributed by atoms with Crippen molar-refractivity contribution in [2.45, 2.75) is 160 Å². The summed E-state index contributed by atoms with van der Waals surface area (Å²) in [5.41, 5.74) is 0. The molecule has 0 N–H and O–H groups in total. The molecule has 0 radical (unpaired) electrons. The Morgan fingerprint density at radius 2 is 0.345 bits per heavy atom. The molecule has 0 saturated carbocycles. The van der Waals surface area contributed by atoms with E-state index in [4.69, 9.17) is 73.5 Å². The SMILES string of the molecule is CC(C)OP(C)(=O)OC(C)C.CC(C)OP(C)(=O)OC(C)C.CC(C)OP(C)(=O)OC(C)C.CC(C)OP(C)(=O)OC(C)C.[Cd+2].[O-][Cl+3]([O-])([O-])[O-].[O-][Cl+3]([O-])([O-])[O-]. The molecule has 0 aliphatic rings. The monoisotopic (exact) mass is 1030 g/mol. The van der Waals surface area contributed by atoms with Crippen LogP contribution in [-0.4, -0.2) is 75.5 Å². The van der Waals surface area contributed by atoms with E-state index in [-0.39, 0.29) is 76.1 Å². The van der Waals surface area contributed by atoms with Gasteiger partial charge in [-0.3, -0.25) is 18.3 Å². The van der Waals surface area contributed by atoms with Crippen LogP contribution in [0.25, 0.3) is 0 Å². The largest absolute Gasteiger partial charge is 2.00 e. The minimum Gasteiger partial charge on any atom is -0.306 e. The molecule has 0 bridgehead atoms. The molecular weight excluding hydrogens is 964 g/mol. The van der Waals surface area contributed by atoms with Gasteiger partial charge in [0.2, 0.25) is 0 Å². The van der Waals surface area contributed by atoms with Gasteiger partial charge < -0.3 is 36.2 Å². The fraction of sp³-hybridized carbons (Fsp3) is 1.00. The van der Waals surface area contributed by atoms with Crippen molar-refractivity contribution in [1.82, 2.24) is 0 Å². The number of hydrogen-bond donors (Lipinski definition) is 0. The van der Waals surface area contributed by atoms with Crippen LogP contribution in [0, 0.1) is 20.5 Å². The molecule has 336 valence electrons. The Balaban J connectivity index is -0.000000103. The van der Waals surface area contributed by atoms with Gasteiger partial charge in [-0.25, -0.2) is 37.3 Å². The zero-order chi connectivity index (χ0) is 45.3. The topological polar surface area (TPSA) is 327 Å². The molecule has 0 aromatic rings. The van der Waals surface area contributed by atoms with Gasteiger partial charge >= 0.3 is 57.7 Å². The third-order valence-electron chi connectivity index (χ3n) is 3.22. The van der Waals surface area contributed by atoms with Crippen molar-refractivity contribution in [2.24, 2.45) is 0 Å². The third kappa shape index (κ3) is 92.4. The van der Waals surface area contributed by atoms with Gasteiger partial charge in [0.25, 0.3) is 0 Å². The molecule has 0 amide bonds. The van der Waals surface area contributed by atoms with Gasteiger partial charge in [0.1, 0.15) is 0 Å². The molecule has 0 aromatic heterocycles. The minimum absolute atomic E-state index is 0. The Morgan fingerprint density at radius 3 is 0.382 bits per heavy atom. The molecule has 0 saturated heterocycles. The van der Waals surface area contributed by atoms with Crippen molar-refractivity contribution in [1.29, 1.82) is 0 Å². The average Bonchev–Trinajstić information content (AvgIpc) is 2.70. The van der Waals surface area contributed by atoms with Crippen LogP contribution in [0.3, 0.4) is 0 Å². The smallest absolute Gasteiger partial charge is 0.306 e. The summed E-state index contributed by atoms with van der Waals surface area (Å²) in [6.45, 7) is 35.3. The molecule has 0 aliphatic heterocycles. The Bertz CT molecular complexity index is 878. The third-order valence-corrected chi connectivity index (χ3v) is 9.66. The summed E-state index contributed by atoms with van der Waals surface area (Å²) in [6.07, 6.45) is -0.410. The quantitative estimate of drug-likeness (QED) is 0.154. The van der Waals surface area contributed by atoms with Gasteiger partial charge in [-0.2, -0.15) is 0 Å². The van der Waals surface area contributed by atoms with Crippen LogP contribution in [0.15, 0.2) is 0 Å². The van der Waals surface area contributed by atoms with E-state index in [0.29, 0.717) is 0 Å². The maximum absolute atomic E-state index is 11.4. The van der Waals surface area contributed by atoms with Gasteiger partial charge in [0.15, 0.2) is 0 Å². The summed E-state index contributed by atoms with van der Waals surface area (Å²) in [4.78, 5) is 0. The van der Waals surface area contributed by atoms with Gasteiger partial charge in [0, 0.05) is 26.7 Å². The van der Waals surface area contributed by atoms with Crippen LogP contribution in [0.1, 0.15) is 111 Å². The Kier molecular flexibility index (Phi) is 44.6. The number of halogens is 2. The van der Waals surface area contributed by atoms with E-state index in [9.17, 15) is 18.3 Å². The predicted molar refractivity (Wildman–Crippen MR) is 184 cm³/mol. The van der Waals surface area contributed by atoms with Gasteiger partial charge in [-0.15, -0.1) is 20.5 Å². The van der Waals surface area contributed by atoms with Gasteiger partial charge in [0.05, 0.1) is 48.8 Å². The molecule has 0 heterocycles. The van der Waals surface area contributed by atoms with Crippen LogP contribution in [0.2, 0.25) is 0 Å². The first-order valence-corrected chi connectivity index (χ1v) is 26.8. The zero-order valence-corrected chi connectivity index (χ0v) is 45.2. The summed E-state index contributed by atoms with van der Waals surface area (Å²) in [6, 6.07) is 0. The first-order valence-electron chi connectivity index (χ1n) is 16.3. The molecule has 20 nitrogen and oxygen atoms in total. The normalized spacial score (nSPS) is 12.6. The molecule has 0 rings (SSSR count). The van der Waals surface area contributed by atoms with E-state index in [0.717, 1.165) is 0 Å². The van der Waals surface area contributed by atoms with E-state index in [2.05, 4.69) is 0 Å². The Morgan fingerprint density at radius 1 is 0.291 bits per heavy atom. The molecule has 0 fully saturated rings. The molecule has 27 heteroatoms. The van der Waals surface area contributed by atoms with E-state index in [1.807, 2.05) is 111 Å². The molecule has 0 atom stereocenters. The number of rotatable bonds is 16. The Labute approximate surface area is 354 Å². The van der Waals surface area contributed by atoms with Gasteiger partial charge in [-0.05, 0) is 111 Å². The Hall–Kier alpha value is 1.78. The number of hydrogen-bond acceptors (Lipinski definition) is 20. The minimum atomic E-state index is -4.94. The van der Waals surface area contributed by atoms with Crippen molar-refractivity contribution >= 4 is 30.4 Å². The summed E-state index contributed by atoms with van der Waals surface area (Å²) in [5, 5.41) is 0. The second-order valence-electron chi connectivity index (χ2n) is 13.1. The first-order chi connectivity index (χ1) is 23.3. The summed E-state index contributed by atoms with van der Waals surface area (Å²) >= 11 is 0. The van der Waals surface area contributed by atoms with E-state index in [1.165, 1.54) is 26.7 Å². The van der Waals surface area contributed by atoms with Crippen molar-refractivity contribution in [3.8, 4) is 0 Å². The molecule has 55 heavy (non-hydrogen) atoms. The van der Waals surface area contributed by atoms with Crippen LogP contribution in [0.4, 0.5) is 0 Å². The molecular formula is C28H68CdCl2O20P4. The fourth-order valence-corrected chi connectivity index (χ4v) is 9.49. The molecule has 0 unspecified atom stereocenters. The molecule has 0 aliphatic carbocycles. The van der Waals surface area contributed by atoms with E-state index in [1.54, 1.807) is 0 Å². The van der Waals surface area contributed by atoms with Gasteiger partial charge in [-0.1, -0.05) is 0 Å². The molecule has 0 spiro atoms. The van der Waals surface area contributed by atoms with Crippen LogP contribution in [0.5, 0.6) is 0 Å². The van der Waals surface area contributed by atoms with Crippen molar-refractivity contribution in [3.63, 3.8) is 0 Å². The van der Waals surface area contributed by atoms with E-state index >= 15 is 0 Å². The van der Waals surface area contributed by atoms with Crippen molar-refractivity contribution in [2.75, 3.05) is 26.7 Å².